The van der Waals surface area contributed by atoms with Gasteiger partial charge >= 0.3 is 0 Å². The summed E-state index contributed by atoms with van der Waals surface area (Å²) in [5.74, 6) is 0. The summed E-state index contributed by atoms with van der Waals surface area (Å²) in [5, 5.41) is 7.94. The van der Waals surface area contributed by atoms with Crippen molar-refractivity contribution in [3.63, 3.8) is 0 Å². The second-order valence-electron chi connectivity index (χ2n) is 3.68. The first-order valence-electron chi connectivity index (χ1n) is 5.29. The van der Waals surface area contributed by atoms with E-state index < -0.39 is 0 Å². The monoisotopic (exact) mass is 377 g/mol. The Morgan fingerprint density at radius 3 is 2.76 bits per heavy atom. The van der Waals surface area contributed by atoms with E-state index in [0.717, 1.165) is 20.5 Å². The molecule has 2 aromatic rings. The predicted octanol–water partition coefficient (Wildman–Crippen LogP) is 3.71. The van der Waals surface area contributed by atoms with Crippen molar-refractivity contribution in [3.05, 3.63) is 37.2 Å². The van der Waals surface area contributed by atoms with Crippen LogP contribution < -0.4 is 5.32 Å². The zero-order valence-corrected chi connectivity index (χ0v) is 13.6. The van der Waals surface area contributed by atoms with Gasteiger partial charge in [0, 0.05) is 22.6 Å². The molecule has 2 rings (SSSR count). The van der Waals surface area contributed by atoms with Crippen LogP contribution in [0.25, 0.3) is 0 Å². The van der Waals surface area contributed by atoms with Crippen molar-refractivity contribution >= 4 is 43.2 Å². The maximum atomic E-state index is 4.48. The minimum Gasteiger partial charge on any atom is -0.305 e. The van der Waals surface area contributed by atoms with Crippen LogP contribution in [0.15, 0.2) is 26.6 Å². The Labute approximate surface area is 121 Å². The highest BCUT2D eigenvalue weighted by molar-refractivity contribution is 9.13. The van der Waals surface area contributed by atoms with Crippen LogP contribution in [-0.2, 0) is 7.05 Å². The van der Waals surface area contributed by atoms with Gasteiger partial charge in [0.2, 0.25) is 0 Å². The minimum absolute atomic E-state index is 0.161. The standard InChI is InChI=1S/C11H13Br2N3S/c1-3-14-10(8-4-5-16(2)15-8)9-6-7(12)11(13)17-9/h4-6,10,14H,3H2,1-2H3. The number of nitrogens with zero attached hydrogens (tertiary/aromatic N) is 2. The van der Waals surface area contributed by atoms with E-state index in [1.807, 2.05) is 17.9 Å². The molecule has 92 valence electrons. The molecule has 0 radical (unpaired) electrons. The van der Waals surface area contributed by atoms with Crippen molar-refractivity contribution < 1.29 is 0 Å². The van der Waals surface area contributed by atoms with Crippen LogP contribution in [0.4, 0.5) is 0 Å². The van der Waals surface area contributed by atoms with Gasteiger partial charge in [-0.15, -0.1) is 11.3 Å². The van der Waals surface area contributed by atoms with Gasteiger partial charge in [0.25, 0.3) is 0 Å². The number of hydrogen-bond donors (Lipinski definition) is 1. The summed E-state index contributed by atoms with van der Waals surface area (Å²) in [7, 11) is 1.94. The molecule has 0 aromatic carbocycles. The van der Waals surface area contributed by atoms with E-state index in [0.29, 0.717) is 0 Å². The highest BCUT2D eigenvalue weighted by atomic mass is 79.9. The molecule has 6 heteroatoms. The molecule has 0 aliphatic heterocycles. The lowest BCUT2D eigenvalue weighted by Crippen LogP contribution is -2.21. The van der Waals surface area contributed by atoms with E-state index in [2.05, 4.69) is 61.3 Å². The van der Waals surface area contributed by atoms with E-state index in [-0.39, 0.29) is 6.04 Å². The molecule has 0 fully saturated rings. The van der Waals surface area contributed by atoms with Crippen molar-refractivity contribution in [1.82, 2.24) is 15.1 Å². The molecule has 1 N–H and O–H groups in total. The Morgan fingerprint density at radius 1 is 1.53 bits per heavy atom. The van der Waals surface area contributed by atoms with E-state index in [1.54, 1.807) is 11.3 Å². The normalized spacial score (nSPS) is 12.9. The van der Waals surface area contributed by atoms with Gasteiger partial charge in [0.15, 0.2) is 0 Å². The number of rotatable bonds is 4. The van der Waals surface area contributed by atoms with Gasteiger partial charge in [-0.3, -0.25) is 4.68 Å². The maximum absolute atomic E-state index is 4.48. The molecule has 2 heterocycles. The third kappa shape index (κ3) is 2.99. The molecule has 1 atom stereocenters. The van der Waals surface area contributed by atoms with Gasteiger partial charge in [-0.05, 0) is 50.5 Å². The summed E-state index contributed by atoms with van der Waals surface area (Å²) in [6.07, 6.45) is 1.97. The van der Waals surface area contributed by atoms with Gasteiger partial charge < -0.3 is 5.32 Å². The number of nitrogens with one attached hydrogen (secondary N) is 1. The number of hydrogen-bond acceptors (Lipinski definition) is 3. The largest absolute Gasteiger partial charge is 0.305 e. The first-order chi connectivity index (χ1) is 8.11. The molecular weight excluding hydrogens is 366 g/mol. The highest BCUT2D eigenvalue weighted by Gasteiger charge is 2.19. The number of thiophene rings is 1. The van der Waals surface area contributed by atoms with Crippen LogP contribution in [0.5, 0.6) is 0 Å². The van der Waals surface area contributed by atoms with Crippen molar-refractivity contribution in [2.45, 2.75) is 13.0 Å². The molecule has 0 bridgehead atoms. The zero-order chi connectivity index (χ0) is 12.4. The molecule has 0 spiro atoms. The van der Waals surface area contributed by atoms with Gasteiger partial charge in [-0.2, -0.15) is 5.10 Å². The third-order valence-electron chi connectivity index (χ3n) is 2.39. The van der Waals surface area contributed by atoms with Crippen LogP contribution in [0.3, 0.4) is 0 Å². The van der Waals surface area contributed by atoms with E-state index in [1.165, 1.54) is 4.88 Å². The number of aromatic nitrogens is 2. The van der Waals surface area contributed by atoms with Gasteiger partial charge in [-0.25, -0.2) is 0 Å². The fraction of sp³-hybridized carbons (Fsp3) is 0.364. The second kappa shape index (κ2) is 5.65. The van der Waals surface area contributed by atoms with Crippen LogP contribution in [0.1, 0.15) is 23.5 Å². The maximum Gasteiger partial charge on any atom is 0.0864 e. The average molecular weight is 379 g/mol. The van der Waals surface area contributed by atoms with Gasteiger partial charge in [0.05, 0.1) is 15.5 Å². The summed E-state index contributed by atoms with van der Waals surface area (Å²) < 4.78 is 4.04. The van der Waals surface area contributed by atoms with Gasteiger partial charge in [0.1, 0.15) is 0 Å². The molecule has 0 saturated heterocycles. The van der Waals surface area contributed by atoms with Crippen molar-refractivity contribution in [1.29, 1.82) is 0 Å². The number of halogens is 2. The minimum atomic E-state index is 0.161. The second-order valence-corrected chi connectivity index (χ2v) is 6.93. The fourth-order valence-electron chi connectivity index (χ4n) is 1.65. The Hall–Kier alpha value is -0.170. The zero-order valence-electron chi connectivity index (χ0n) is 9.58. The highest BCUT2D eigenvalue weighted by Crippen LogP contribution is 2.37. The topological polar surface area (TPSA) is 29.9 Å². The lowest BCUT2D eigenvalue weighted by molar-refractivity contribution is 0.607. The molecule has 1 unspecified atom stereocenters. The van der Waals surface area contributed by atoms with E-state index >= 15 is 0 Å². The molecule has 2 aromatic heterocycles. The van der Waals surface area contributed by atoms with Crippen molar-refractivity contribution in [2.24, 2.45) is 7.05 Å². The van der Waals surface area contributed by atoms with Crippen LogP contribution in [0, 0.1) is 0 Å². The van der Waals surface area contributed by atoms with E-state index in [4.69, 9.17) is 0 Å². The molecule has 3 nitrogen and oxygen atoms in total. The molecule has 17 heavy (non-hydrogen) atoms. The summed E-state index contributed by atoms with van der Waals surface area (Å²) in [6, 6.07) is 4.35. The Kier molecular flexibility index (Phi) is 4.41. The SMILES string of the molecule is CCNC(c1ccn(C)n1)c1cc(Br)c(Br)s1. The van der Waals surface area contributed by atoms with E-state index in [9.17, 15) is 0 Å². The summed E-state index contributed by atoms with van der Waals surface area (Å²) in [5.41, 5.74) is 1.05. The molecule has 0 aliphatic rings. The van der Waals surface area contributed by atoms with Crippen LogP contribution in [0.2, 0.25) is 0 Å². The Balaban J connectivity index is 2.34. The Morgan fingerprint density at radius 2 is 2.29 bits per heavy atom. The molecule has 0 amide bonds. The van der Waals surface area contributed by atoms with Crippen LogP contribution in [-0.4, -0.2) is 16.3 Å². The fourth-order valence-corrected chi connectivity index (χ4v) is 3.83. The lowest BCUT2D eigenvalue weighted by Gasteiger charge is -2.13. The first-order valence-corrected chi connectivity index (χ1v) is 7.69. The summed E-state index contributed by atoms with van der Waals surface area (Å²) in [4.78, 5) is 1.25. The average Bonchev–Trinajstić information content (AvgIpc) is 2.83. The third-order valence-corrected chi connectivity index (χ3v) is 5.71. The number of aryl methyl sites for hydroxylation is 1. The summed E-state index contributed by atoms with van der Waals surface area (Å²) >= 11 is 8.78. The smallest absolute Gasteiger partial charge is 0.0864 e. The van der Waals surface area contributed by atoms with Crippen LogP contribution >= 0.6 is 43.2 Å². The Bertz CT molecular complexity index is 487. The first kappa shape index (κ1) is 13.3. The van der Waals surface area contributed by atoms with Crippen molar-refractivity contribution in [2.75, 3.05) is 6.54 Å². The quantitative estimate of drug-likeness (QED) is 0.878. The molecule has 0 aliphatic carbocycles. The van der Waals surface area contributed by atoms with Crippen molar-refractivity contribution in [3.8, 4) is 0 Å². The lowest BCUT2D eigenvalue weighted by atomic mass is 10.2. The molecule has 0 saturated carbocycles. The predicted molar refractivity (Wildman–Crippen MR) is 78.4 cm³/mol. The molecular formula is C11H13Br2N3S. The summed E-state index contributed by atoms with van der Waals surface area (Å²) in [6.45, 7) is 3.02. The van der Waals surface area contributed by atoms with Gasteiger partial charge in [-0.1, -0.05) is 6.92 Å².